The van der Waals surface area contributed by atoms with Crippen molar-refractivity contribution < 1.29 is 14.1 Å². The topological polar surface area (TPSA) is 60.9 Å². The van der Waals surface area contributed by atoms with Crippen LogP contribution in [0.1, 0.15) is 19.3 Å². The minimum atomic E-state index is -0.872. The van der Waals surface area contributed by atoms with E-state index in [-0.39, 0.29) is 11.8 Å². The number of carbonyl (C=O) groups is 1. The minimum absolute atomic E-state index is 0.140. The first kappa shape index (κ1) is 14.9. The van der Waals surface area contributed by atoms with Gasteiger partial charge in [0.1, 0.15) is 0 Å². The Morgan fingerprint density at radius 3 is 2.42 bits per heavy atom. The van der Waals surface area contributed by atoms with Gasteiger partial charge in [-0.05, 0) is 25.3 Å². The number of nitrogens with zero attached hydrogens (tertiary/aromatic N) is 2. The molecule has 1 heterocycles. The standard InChI is InChI=1S/C13H24N2O3S/c1-14-4-6-15(7-5-14)8-9-19(18)11-13(2-3-13)10-12(16)17/h2-11H2,1H3,(H,16,17). The lowest BCUT2D eigenvalue weighted by Crippen LogP contribution is -2.45. The molecule has 0 bridgehead atoms. The molecule has 0 radical (unpaired) electrons. The van der Waals surface area contributed by atoms with E-state index in [1.807, 2.05) is 0 Å². The fraction of sp³-hybridized carbons (Fsp3) is 0.923. The smallest absolute Gasteiger partial charge is 0.303 e. The zero-order valence-corrected chi connectivity index (χ0v) is 12.5. The third-order valence-corrected chi connectivity index (χ3v) is 5.75. The molecule has 1 unspecified atom stereocenters. The van der Waals surface area contributed by atoms with Crippen molar-refractivity contribution in [3.63, 3.8) is 0 Å². The summed E-state index contributed by atoms with van der Waals surface area (Å²) >= 11 is 0. The quantitative estimate of drug-likeness (QED) is 0.727. The molecule has 19 heavy (non-hydrogen) atoms. The Hall–Kier alpha value is -0.460. The molecule has 0 aromatic rings. The Morgan fingerprint density at radius 2 is 1.89 bits per heavy atom. The van der Waals surface area contributed by atoms with Crippen LogP contribution in [0.3, 0.4) is 0 Å². The maximum atomic E-state index is 12.1. The van der Waals surface area contributed by atoms with Gasteiger partial charge in [-0.2, -0.15) is 0 Å². The van der Waals surface area contributed by atoms with Gasteiger partial charge in [-0.1, -0.05) is 0 Å². The van der Waals surface area contributed by atoms with Gasteiger partial charge in [-0.25, -0.2) is 0 Å². The number of rotatable bonds is 7. The summed E-state index contributed by atoms with van der Waals surface area (Å²) in [6.45, 7) is 5.14. The van der Waals surface area contributed by atoms with Crippen molar-refractivity contribution in [1.82, 2.24) is 9.80 Å². The molecular weight excluding hydrogens is 264 g/mol. The Balaban J connectivity index is 1.66. The van der Waals surface area contributed by atoms with Gasteiger partial charge in [0.2, 0.25) is 0 Å². The maximum absolute atomic E-state index is 12.1. The van der Waals surface area contributed by atoms with Gasteiger partial charge < -0.3 is 10.0 Å². The highest BCUT2D eigenvalue weighted by molar-refractivity contribution is 7.85. The second-order valence-corrected chi connectivity index (χ2v) is 7.58. The van der Waals surface area contributed by atoms with Crippen LogP contribution >= 0.6 is 0 Å². The number of aliphatic carboxylic acids is 1. The van der Waals surface area contributed by atoms with E-state index >= 15 is 0 Å². The molecule has 1 aliphatic heterocycles. The monoisotopic (exact) mass is 288 g/mol. The Morgan fingerprint density at radius 1 is 1.26 bits per heavy atom. The summed E-state index contributed by atoms with van der Waals surface area (Å²) in [7, 11) is 1.25. The number of carboxylic acid groups (broad SMARTS) is 1. The summed E-state index contributed by atoms with van der Waals surface area (Å²) in [5.74, 6) is 0.506. The van der Waals surface area contributed by atoms with Crippen molar-refractivity contribution in [2.24, 2.45) is 5.41 Å². The van der Waals surface area contributed by atoms with Crippen molar-refractivity contribution in [2.75, 3.05) is 51.3 Å². The molecule has 5 nitrogen and oxygen atoms in total. The average molecular weight is 288 g/mol. The van der Waals surface area contributed by atoms with E-state index in [1.54, 1.807) is 0 Å². The van der Waals surface area contributed by atoms with Gasteiger partial charge in [-0.15, -0.1) is 0 Å². The molecule has 0 spiro atoms. The van der Waals surface area contributed by atoms with Gasteiger partial charge in [0.25, 0.3) is 0 Å². The van der Waals surface area contributed by atoms with Crippen molar-refractivity contribution in [3.8, 4) is 0 Å². The van der Waals surface area contributed by atoms with Gasteiger partial charge in [0.05, 0.1) is 6.42 Å². The van der Waals surface area contributed by atoms with E-state index in [1.165, 1.54) is 0 Å². The molecule has 1 atom stereocenters. The van der Waals surface area contributed by atoms with Crippen LogP contribution in [0.25, 0.3) is 0 Å². The zero-order valence-electron chi connectivity index (χ0n) is 11.6. The third-order valence-electron chi connectivity index (χ3n) is 4.18. The van der Waals surface area contributed by atoms with Gasteiger partial charge in [0, 0.05) is 55.0 Å². The second-order valence-electron chi connectivity index (χ2n) is 6.00. The highest BCUT2D eigenvalue weighted by atomic mass is 32.2. The van der Waals surface area contributed by atoms with Crippen LogP contribution in [0.15, 0.2) is 0 Å². The van der Waals surface area contributed by atoms with E-state index in [0.29, 0.717) is 11.5 Å². The number of likely N-dealkylation sites (N-methyl/N-ethyl adjacent to an activating group) is 1. The third kappa shape index (κ3) is 4.85. The summed E-state index contributed by atoms with van der Waals surface area (Å²) in [4.78, 5) is 15.4. The summed E-state index contributed by atoms with van der Waals surface area (Å²) in [5.41, 5.74) is -0.140. The number of hydrogen-bond donors (Lipinski definition) is 1. The van der Waals surface area contributed by atoms with Gasteiger partial charge in [0.15, 0.2) is 0 Å². The predicted molar refractivity (Wildman–Crippen MR) is 75.7 cm³/mol. The molecule has 0 amide bonds. The lowest BCUT2D eigenvalue weighted by molar-refractivity contribution is -0.138. The van der Waals surface area contributed by atoms with Crippen molar-refractivity contribution in [1.29, 1.82) is 0 Å². The Labute approximate surface area is 117 Å². The summed E-state index contributed by atoms with van der Waals surface area (Å²) < 4.78 is 12.1. The number of carboxylic acids is 1. The van der Waals surface area contributed by atoms with Crippen molar-refractivity contribution in [2.45, 2.75) is 19.3 Å². The molecule has 1 N–H and O–H groups in total. The first-order valence-electron chi connectivity index (χ1n) is 6.97. The lowest BCUT2D eigenvalue weighted by atomic mass is 10.1. The van der Waals surface area contributed by atoms with E-state index in [4.69, 9.17) is 5.11 Å². The van der Waals surface area contributed by atoms with Crippen LogP contribution in [0.5, 0.6) is 0 Å². The average Bonchev–Trinajstić information content (AvgIpc) is 3.07. The van der Waals surface area contributed by atoms with Crippen LogP contribution < -0.4 is 0 Å². The number of hydrogen-bond acceptors (Lipinski definition) is 4. The predicted octanol–water partition coefficient (Wildman–Crippen LogP) is 0.237. The largest absolute Gasteiger partial charge is 0.481 e. The highest BCUT2D eigenvalue weighted by Crippen LogP contribution is 2.49. The highest BCUT2D eigenvalue weighted by Gasteiger charge is 2.45. The summed E-state index contributed by atoms with van der Waals surface area (Å²) in [5, 5.41) is 8.85. The van der Waals surface area contributed by atoms with Crippen LogP contribution in [-0.4, -0.2) is 76.4 Å². The molecule has 110 valence electrons. The molecule has 0 aromatic carbocycles. The van der Waals surface area contributed by atoms with Gasteiger partial charge in [-0.3, -0.25) is 13.9 Å². The second kappa shape index (κ2) is 6.33. The summed E-state index contributed by atoms with van der Waals surface area (Å²) in [6.07, 6.45) is 2.05. The molecule has 6 heteroatoms. The van der Waals surface area contributed by atoms with Crippen LogP contribution in [0.2, 0.25) is 0 Å². The van der Waals surface area contributed by atoms with Crippen LogP contribution in [0, 0.1) is 5.41 Å². The van der Waals surface area contributed by atoms with E-state index < -0.39 is 16.8 Å². The molecule has 0 aromatic heterocycles. The molecule has 2 fully saturated rings. The zero-order chi connectivity index (χ0) is 13.9. The lowest BCUT2D eigenvalue weighted by Gasteiger charge is -2.32. The first-order valence-corrected chi connectivity index (χ1v) is 8.46. The van der Waals surface area contributed by atoms with Crippen LogP contribution in [0.4, 0.5) is 0 Å². The van der Waals surface area contributed by atoms with Gasteiger partial charge >= 0.3 is 5.97 Å². The summed E-state index contributed by atoms with van der Waals surface area (Å²) in [6, 6.07) is 0. The fourth-order valence-electron chi connectivity index (χ4n) is 2.59. The molecule has 2 rings (SSSR count). The molecule has 1 aliphatic carbocycles. The maximum Gasteiger partial charge on any atom is 0.303 e. The van der Waals surface area contributed by atoms with Crippen LogP contribution in [-0.2, 0) is 15.6 Å². The minimum Gasteiger partial charge on any atom is -0.481 e. The van der Waals surface area contributed by atoms with Crippen molar-refractivity contribution >= 4 is 16.8 Å². The normalized spacial score (nSPS) is 25.1. The molecule has 2 aliphatic rings. The van der Waals surface area contributed by atoms with E-state index in [9.17, 15) is 9.00 Å². The fourth-order valence-corrected chi connectivity index (χ4v) is 4.27. The Bertz CT molecular complexity index is 350. The molecule has 1 saturated carbocycles. The van der Waals surface area contributed by atoms with E-state index in [2.05, 4.69) is 16.8 Å². The Kier molecular flexibility index (Phi) is 4.97. The van der Waals surface area contributed by atoms with E-state index in [0.717, 1.165) is 45.6 Å². The first-order chi connectivity index (χ1) is 8.99. The SMILES string of the molecule is CN1CCN(CCS(=O)CC2(CC(=O)O)CC2)CC1. The van der Waals surface area contributed by atoms with Crippen molar-refractivity contribution in [3.05, 3.63) is 0 Å². The molecule has 1 saturated heterocycles. The number of piperazine rings is 1. The molecular formula is C13H24N2O3S.